The highest BCUT2D eigenvalue weighted by molar-refractivity contribution is 9.11. The van der Waals surface area contributed by atoms with Crippen LogP contribution in [-0.2, 0) is 32.7 Å². The second kappa shape index (κ2) is 36.1. The van der Waals surface area contributed by atoms with E-state index in [1.165, 1.54) is 17.7 Å². The van der Waals surface area contributed by atoms with Gasteiger partial charge in [-0.05, 0) is 308 Å². The Bertz CT molecular complexity index is 2480. The zero-order valence-electron chi connectivity index (χ0n) is 55.9. The summed E-state index contributed by atoms with van der Waals surface area (Å²) in [5, 5.41) is 1.15. The van der Waals surface area contributed by atoms with E-state index < -0.39 is 0 Å². The first kappa shape index (κ1) is 80.9. The number of hydrogen-bond donors (Lipinski definition) is 0. The largest absolute Gasteiger partial charge is 0.294 e. The summed E-state index contributed by atoms with van der Waals surface area (Å²) in [5.74, 6) is -1.09. The molecule has 0 radical (unpaired) electrons. The molecule has 0 atom stereocenters. The predicted molar refractivity (Wildman–Crippen MR) is 372 cm³/mol. The van der Waals surface area contributed by atoms with Crippen molar-refractivity contribution in [1.29, 1.82) is 0 Å². The molecule has 85 heavy (non-hydrogen) atoms. The summed E-state index contributed by atoms with van der Waals surface area (Å²) in [6.45, 7) is 57.5. The average Bonchev–Trinajstić information content (AvgIpc) is 3.57. The zero-order chi connectivity index (χ0) is 65.9. The topological polar surface area (TPSA) is 16.2 Å². The summed E-state index contributed by atoms with van der Waals surface area (Å²) < 4.78 is 55.4. The number of benzene rings is 5. The lowest BCUT2D eigenvalue weighted by molar-refractivity contribution is 0.0898. The van der Waals surface area contributed by atoms with Crippen molar-refractivity contribution < 1.29 is 17.6 Å². The van der Waals surface area contributed by atoms with Crippen molar-refractivity contribution in [1.82, 2.24) is 24.5 Å². The highest BCUT2D eigenvalue weighted by Crippen LogP contribution is 2.29. The highest BCUT2D eigenvalue weighted by atomic mass is 79.9. The van der Waals surface area contributed by atoms with Crippen LogP contribution in [0.2, 0.25) is 15.1 Å². The SMILES string of the molecule is CC(C)N(Cc1ccc(Br)c(Cl)c1)C(C)(C)C.CC(C)N(Cc1ccc(Br)c(F)c1)C(C)(C)C.CC(C)N(Cc1ccc(Cl)c(F)c1)C(C)(C)C.CC(C)N(Cc1ccc(F)c(Cl)c1)C(C)(C)C.CCCN(Cc1ccc(Br)c(F)c1)C(C)(C)C. The number of halogens is 10. The predicted octanol–water partition coefficient (Wildman–Crippen LogP) is 23.3. The first-order valence-corrected chi connectivity index (χ1v) is 33.2. The van der Waals surface area contributed by atoms with Gasteiger partial charge in [0.2, 0.25) is 0 Å². The molecule has 0 saturated heterocycles. The van der Waals surface area contributed by atoms with Crippen molar-refractivity contribution >= 4 is 82.6 Å². The van der Waals surface area contributed by atoms with Crippen molar-refractivity contribution in [3.8, 4) is 0 Å². The maximum absolute atomic E-state index is 13.5. The van der Waals surface area contributed by atoms with Gasteiger partial charge >= 0.3 is 0 Å². The number of hydrogen-bond acceptors (Lipinski definition) is 5. The summed E-state index contributed by atoms with van der Waals surface area (Å²) >= 11 is 27.4. The van der Waals surface area contributed by atoms with Crippen LogP contribution in [0.4, 0.5) is 17.6 Å². The van der Waals surface area contributed by atoms with Crippen LogP contribution >= 0.6 is 82.6 Å². The van der Waals surface area contributed by atoms with E-state index in [9.17, 15) is 17.6 Å². The number of nitrogens with zero attached hydrogens (tertiary/aromatic N) is 5. The fourth-order valence-corrected chi connectivity index (χ4v) is 11.2. The molecule has 0 spiro atoms. The van der Waals surface area contributed by atoms with E-state index in [1.54, 1.807) is 42.5 Å². The Morgan fingerprint density at radius 2 is 0.624 bits per heavy atom. The molecule has 0 amide bonds. The van der Waals surface area contributed by atoms with Crippen LogP contribution in [-0.4, -0.2) is 82.9 Å². The normalized spacial score (nSPS) is 12.5. The Morgan fingerprint density at radius 3 is 0.894 bits per heavy atom. The third kappa shape index (κ3) is 30.1. The summed E-state index contributed by atoms with van der Waals surface area (Å²) in [6, 6.07) is 28.6. The van der Waals surface area contributed by atoms with E-state index in [2.05, 4.69) is 245 Å². The molecular formula is C70H105Br3Cl3F4N5. The van der Waals surface area contributed by atoms with E-state index in [0.29, 0.717) is 33.1 Å². The molecule has 0 aliphatic rings. The average molecular weight is 1440 g/mol. The molecule has 0 aromatic heterocycles. The van der Waals surface area contributed by atoms with Crippen molar-refractivity contribution in [2.75, 3.05) is 6.54 Å². The molecule has 0 bridgehead atoms. The van der Waals surface area contributed by atoms with Crippen molar-refractivity contribution in [3.63, 3.8) is 0 Å². The molecule has 5 nitrogen and oxygen atoms in total. The fourth-order valence-electron chi connectivity index (χ4n) is 9.90. The minimum Gasteiger partial charge on any atom is -0.294 e. The van der Waals surface area contributed by atoms with Gasteiger partial charge in [-0.25, -0.2) is 17.6 Å². The third-order valence-corrected chi connectivity index (χ3v) is 17.2. The first-order valence-electron chi connectivity index (χ1n) is 29.7. The van der Waals surface area contributed by atoms with Crippen molar-refractivity contribution in [2.45, 2.75) is 257 Å². The van der Waals surface area contributed by atoms with Gasteiger partial charge in [0.15, 0.2) is 0 Å². The van der Waals surface area contributed by atoms with Crippen LogP contribution in [0.25, 0.3) is 0 Å². The lowest BCUT2D eigenvalue weighted by Crippen LogP contribution is -2.45. The molecule has 0 heterocycles. The summed E-state index contributed by atoms with van der Waals surface area (Å²) in [7, 11) is 0. The monoisotopic (exact) mass is 1430 g/mol. The van der Waals surface area contributed by atoms with Gasteiger partial charge in [-0.15, -0.1) is 0 Å². The van der Waals surface area contributed by atoms with Gasteiger partial charge in [-0.3, -0.25) is 24.5 Å². The van der Waals surface area contributed by atoms with E-state index in [4.69, 9.17) is 34.8 Å². The third-order valence-electron chi connectivity index (χ3n) is 14.1. The Morgan fingerprint density at radius 1 is 0.341 bits per heavy atom. The molecule has 0 N–H and O–H groups in total. The van der Waals surface area contributed by atoms with Crippen molar-refractivity contribution in [2.24, 2.45) is 0 Å². The smallest absolute Gasteiger partial charge is 0.142 e. The summed E-state index contributed by atoms with van der Waals surface area (Å²) in [4.78, 5) is 11.9. The summed E-state index contributed by atoms with van der Waals surface area (Å²) in [5.41, 5.74) is 5.77. The van der Waals surface area contributed by atoms with Crippen LogP contribution in [0, 0.1) is 23.3 Å². The molecule has 5 rings (SSSR count). The second-order valence-electron chi connectivity index (χ2n) is 27.9. The summed E-state index contributed by atoms with van der Waals surface area (Å²) in [6.07, 6.45) is 1.11. The van der Waals surface area contributed by atoms with Gasteiger partial charge in [0.05, 0.1) is 24.0 Å². The number of rotatable bonds is 16. The van der Waals surface area contributed by atoms with Crippen LogP contribution in [0.5, 0.6) is 0 Å². The Hall–Kier alpha value is -2.07. The lowest BCUT2D eigenvalue weighted by Gasteiger charge is -2.39. The molecule has 0 fully saturated rings. The van der Waals surface area contributed by atoms with Gasteiger partial charge in [0, 0.05) is 89.1 Å². The van der Waals surface area contributed by atoms with E-state index >= 15 is 0 Å². The molecular weight excluding hydrogens is 1330 g/mol. The highest BCUT2D eigenvalue weighted by Gasteiger charge is 2.28. The minimum atomic E-state index is -0.359. The molecule has 0 aliphatic carbocycles. The molecule has 0 saturated carbocycles. The second-order valence-corrected chi connectivity index (χ2v) is 31.7. The van der Waals surface area contributed by atoms with Crippen LogP contribution in [0.3, 0.4) is 0 Å². The molecule has 0 unspecified atom stereocenters. The van der Waals surface area contributed by atoms with E-state index in [-0.39, 0.29) is 61.0 Å². The van der Waals surface area contributed by atoms with Crippen molar-refractivity contribution in [3.05, 3.63) is 171 Å². The molecule has 480 valence electrons. The van der Waals surface area contributed by atoms with Gasteiger partial charge < -0.3 is 0 Å². The van der Waals surface area contributed by atoms with Gasteiger partial charge in [-0.1, -0.05) is 72.1 Å². The van der Waals surface area contributed by atoms with Crippen LogP contribution in [0.15, 0.2) is 104 Å². The maximum atomic E-state index is 13.5. The quantitative estimate of drug-likeness (QED) is 0.0913. The lowest BCUT2D eigenvalue weighted by atomic mass is 10.0. The molecule has 0 aliphatic heterocycles. The van der Waals surface area contributed by atoms with Gasteiger partial charge in [0.25, 0.3) is 0 Å². The zero-order valence-corrected chi connectivity index (χ0v) is 63.0. The first-order chi connectivity index (χ1) is 38.7. The van der Waals surface area contributed by atoms with Gasteiger partial charge in [-0.2, -0.15) is 0 Å². The standard InChI is InChI=1S/C14H21BrClN.2C14H21BrFN.2C14H21ClFN/c2*1-10(2)17(14(3,4)5)9-11-6-7-12(15)13(16)8-11;1-5-8-17(14(2,3)4)10-11-6-7-12(15)13(16)9-11;1-10(2)17(14(3,4)5)9-11-6-7-13(16)12(15)8-11;1-10(2)17(14(3,4)5)9-11-6-7-12(15)13(16)8-11/h2*6-8,10H,9H2,1-5H3;6-7,9H,5,8,10H2,1-4H3;2*6-8,10H,9H2,1-5H3. The maximum Gasteiger partial charge on any atom is 0.142 e. The molecule has 15 heteroatoms. The van der Waals surface area contributed by atoms with Crippen LogP contribution < -0.4 is 0 Å². The van der Waals surface area contributed by atoms with Crippen LogP contribution in [0.1, 0.15) is 200 Å². The minimum absolute atomic E-state index is 0.0598. The Labute approximate surface area is 554 Å². The fraction of sp³-hybridized carbons (Fsp3) is 0.571. The Kier molecular flexibility index (Phi) is 34.4. The molecule has 5 aromatic carbocycles. The van der Waals surface area contributed by atoms with Gasteiger partial charge in [0.1, 0.15) is 23.3 Å². The molecule has 5 aromatic rings. The van der Waals surface area contributed by atoms with E-state index in [0.717, 1.165) is 77.4 Å². The van der Waals surface area contributed by atoms with E-state index in [1.807, 2.05) is 30.3 Å². The Balaban J connectivity index is 0.000000531.